The van der Waals surface area contributed by atoms with Gasteiger partial charge in [-0.2, -0.15) is 0 Å². The van der Waals surface area contributed by atoms with E-state index in [1.54, 1.807) is 17.2 Å². The molecule has 140 valence electrons. The van der Waals surface area contributed by atoms with E-state index < -0.39 is 0 Å². The van der Waals surface area contributed by atoms with Crippen LogP contribution in [-0.2, 0) is 4.79 Å². The van der Waals surface area contributed by atoms with Crippen LogP contribution in [0.2, 0.25) is 0 Å². The van der Waals surface area contributed by atoms with E-state index in [0.29, 0.717) is 31.0 Å². The van der Waals surface area contributed by atoms with Gasteiger partial charge in [0.2, 0.25) is 5.91 Å². The lowest BCUT2D eigenvalue weighted by Gasteiger charge is -2.23. The molecular formula is C21H23N3O2S. The average Bonchev–Trinajstić information content (AvgIpc) is 3.15. The number of pyridine rings is 1. The molecule has 1 aromatic heterocycles. The second-order valence-corrected chi connectivity index (χ2v) is 8.07. The Morgan fingerprint density at radius 1 is 1.19 bits per heavy atom. The Morgan fingerprint density at radius 2 is 2.00 bits per heavy atom. The minimum atomic E-state index is -0.0493. The molecule has 27 heavy (non-hydrogen) atoms. The number of para-hydroxylation sites is 1. The molecule has 2 amide bonds. The summed E-state index contributed by atoms with van der Waals surface area (Å²) >= 11 is 1.52. The lowest BCUT2D eigenvalue weighted by atomic mass is 10.2. The molecule has 1 saturated carbocycles. The van der Waals surface area contributed by atoms with E-state index in [-0.39, 0.29) is 11.8 Å². The molecular weight excluding hydrogens is 358 g/mol. The number of carbonyl (C=O) groups excluding carboxylic acids is 2. The highest BCUT2D eigenvalue weighted by molar-refractivity contribution is 7.99. The maximum atomic E-state index is 13.1. The summed E-state index contributed by atoms with van der Waals surface area (Å²) in [4.78, 5) is 32.5. The molecule has 0 saturated heterocycles. The third kappa shape index (κ3) is 4.00. The standard InChI is InChI=1S/C21H23N3O2S/c25-19(23-15-7-1-2-8-15)12-6-14-24-17-10-3-4-11-18(17)27-20-16(21(24)26)9-5-13-22-20/h3-5,9-11,13,15H,1-2,6-8,12,14H2,(H,23,25). The van der Waals surface area contributed by atoms with Crippen molar-refractivity contribution < 1.29 is 9.59 Å². The molecule has 2 aliphatic rings. The second-order valence-electron chi connectivity index (χ2n) is 7.04. The molecule has 0 spiro atoms. The van der Waals surface area contributed by atoms with Crippen molar-refractivity contribution in [3.05, 3.63) is 48.2 Å². The molecule has 1 fully saturated rings. The number of rotatable bonds is 5. The molecule has 6 heteroatoms. The molecule has 0 atom stereocenters. The predicted molar refractivity (Wildman–Crippen MR) is 106 cm³/mol. The van der Waals surface area contributed by atoms with Gasteiger partial charge in [0.25, 0.3) is 5.91 Å². The third-order valence-electron chi connectivity index (χ3n) is 5.12. The zero-order chi connectivity index (χ0) is 18.6. The highest BCUT2D eigenvalue weighted by Gasteiger charge is 2.27. The minimum absolute atomic E-state index is 0.0493. The summed E-state index contributed by atoms with van der Waals surface area (Å²) in [7, 11) is 0. The number of benzene rings is 1. The first-order valence-electron chi connectivity index (χ1n) is 9.55. The molecule has 0 unspecified atom stereocenters. The summed E-state index contributed by atoms with van der Waals surface area (Å²) in [6, 6.07) is 11.8. The van der Waals surface area contributed by atoms with Gasteiger partial charge >= 0.3 is 0 Å². The first-order chi connectivity index (χ1) is 13.2. The average molecular weight is 382 g/mol. The van der Waals surface area contributed by atoms with E-state index >= 15 is 0 Å². The van der Waals surface area contributed by atoms with E-state index in [2.05, 4.69) is 10.3 Å². The molecule has 1 aliphatic carbocycles. The number of nitrogens with one attached hydrogen (secondary N) is 1. The summed E-state index contributed by atoms with van der Waals surface area (Å²) in [5, 5.41) is 3.85. The number of hydrogen-bond acceptors (Lipinski definition) is 4. The van der Waals surface area contributed by atoms with Crippen LogP contribution in [0.3, 0.4) is 0 Å². The van der Waals surface area contributed by atoms with E-state index in [4.69, 9.17) is 0 Å². The number of nitrogens with zero attached hydrogens (tertiary/aromatic N) is 2. The van der Waals surface area contributed by atoms with E-state index in [0.717, 1.165) is 28.5 Å². The van der Waals surface area contributed by atoms with Crippen LogP contribution >= 0.6 is 11.8 Å². The van der Waals surface area contributed by atoms with Crippen molar-refractivity contribution in [3.63, 3.8) is 0 Å². The van der Waals surface area contributed by atoms with Crippen LogP contribution in [0.15, 0.2) is 52.5 Å². The Bertz CT molecular complexity index is 849. The van der Waals surface area contributed by atoms with Gasteiger partial charge in [-0.05, 0) is 43.5 Å². The summed E-state index contributed by atoms with van der Waals surface area (Å²) < 4.78 is 0. The van der Waals surface area contributed by atoms with Gasteiger partial charge in [0.15, 0.2) is 0 Å². The molecule has 0 bridgehead atoms. The number of aromatic nitrogens is 1. The van der Waals surface area contributed by atoms with Gasteiger partial charge in [-0.3, -0.25) is 9.59 Å². The van der Waals surface area contributed by atoms with Gasteiger partial charge < -0.3 is 10.2 Å². The zero-order valence-electron chi connectivity index (χ0n) is 15.2. The lowest BCUT2D eigenvalue weighted by Crippen LogP contribution is -2.35. The molecule has 0 radical (unpaired) electrons. The quantitative estimate of drug-likeness (QED) is 0.849. The van der Waals surface area contributed by atoms with Crippen LogP contribution in [0.4, 0.5) is 5.69 Å². The summed E-state index contributed by atoms with van der Waals surface area (Å²) in [5.74, 6) is 0.0423. The van der Waals surface area contributed by atoms with E-state index in [1.165, 1.54) is 24.6 Å². The fourth-order valence-electron chi connectivity index (χ4n) is 3.75. The molecule has 5 nitrogen and oxygen atoms in total. The molecule has 4 rings (SSSR count). The maximum Gasteiger partial charge on any atom is 0.261 e. The maximum absolute atomic E-state index is 13.1. The third-order valence-corrected chi connectivity index (χ3v) is 6.20. The summed E-state index contributed by atoms with van der Waals surface area (Å²) in [5.41, 5.74) is 1.51. The molecule has 1 aliphatic heterocycles. The van der Waals surface area contributed by atoms with Crippen LogP contribution in [-0.4, -0.2) is 29.4 Å². The molecule has 1 aromatic carbocycles. The normalized spacial score (nSPS) is 16.6. The Morgan fingerprint density at radius 3 is 2.85 bits per heavy atom. The lowest BCUT2D eigenvalue weighted by molar-refractivity contribution is -0.121. The van der Waals surface area contributed by atoms with Crippen molar-refractivity contribution in [3.8, 4) is 0 Å². The first kappa shape index (κ1) is 18.0. The Hall–Kier alpha value is -2.34. The Balaban J connectivity index is 1.47. The van der Waals surface area contributed by atoms with E-state index in [1.807, 2.05) is 30.3 Å². The SMILES string of the molecule is O=C(CCCN1C(=O)c2cccnc2Sc2ccccc21)NC1CCCC1. The van der Waals surface area contributed by atoms with E-state index in [9.17, 15) is 9.59 Å². The number of carbonyl (C=O) groups is 2. The van der Waals surface area contributed by atoms with Gasteiger partial charge in [-0.25, -0.2) is 4.98 Å². The number of anilines is 1. The van der Waals surface area contributed by atoms with Crippen LogP contribution in [0.25, 0.3) is 0 Å². The van der Waals surface area contributed by atoms with Crippen LogP contribution in [0, 0.1) is 0 Å². The van der Waals surface area contributed by atoms with Crippen molar-refractivity contribution in [2.75, 3.05) is 11.4 Å². The fraction of sp³-hybridized carbons (Fsp3) is 0.381. The van der Waals surface area contributed by atoms with Crippen molar-refractivity contribution in [1.29, 1.82) is 0 Å². The second kappa shape index (κ2) is 8.13. The molecule has 2 heterocycles. The van der Waals surface area contributed by atoms with Gasteiger partial charge in [0.1, 0.15) is 5.03 Å². The van der Waals surface area contributed by atoms with Gasteiger partial charge in [0.05, 0.1) is 11.3 Å². The van der Waals surface area contributed by atoms with Crippen molar-refractivity contribution in [2.24, 2.45) is 0 Å². The summed E-state index contributed by atoms with van der Waals surface area (Å²) in [6.07, 6.45) is 7.37. The summed E-state index contributed by atoms with van der Waals surface area (Å²) in [6.45, 7) is 0.517. The highest BCUT2D eigenvalue weighted by Crippen LogP contribution is 2.40. The molecule has 1 N–H and O–H groups in total. The van der Waals surface area contributed by atoms with Gasteiger partial charge in [-0.15, -0.1) is 0 Å². The molecule has 2 aromatic rings. The Labute approximate surface area is 163 Å². The predicted octanol–water partition coefficient (Wildman–Crippen LogP) is 4.03. The minimum Gasteiger partial charge on any atom is -0.353 e. The zero-order valence-corrected chi connectivity index (χ0v) is 16.0. The van der Waals surface area contributed by atoms with Crippen molar-refractivity contribution in [1.82, 2.24) is 10.3 Å². The monoisotopic (exact) mass is 381 g/mol. The topological polar surface area (TPSA) is 62.3 Å². The van der Waals surface area contributed by atoms with Crippen molar-refractivity contribution in [2.45, 2.75) is 54.5 Å². The van der Waals surface area contributed by atoms with Crippen LogP contribution < -0.4 is 10.2 Å². The highest BCUT2D eigenvalue weighted by atomic mass is 32.2. The number of amides is 2. The van der Waals surface area contributed by atoms with Crippen molar-refractivity contribution >= 4 is 29.3 Å². The largest absolute Gasteiger partial charge is 0.353 e. The first-order valence-corrected chi connectivity index (χ1v) is 10.4. The van der Waals surface area contributed by atoms with Crippen LogP contribution in [0.5, 0.6) is 0 Å². The van der Waals surface area contributed by atoms with Gasteiger partial charge in [-0.1, -0.05) is 36.7 Å². The van der Waals surface area contributed by atoms with Crippen LogP contribution in [0.1, 0.15) is 48.9 Å². The van der Waals surface area contributed by atoms with Gasteiger partial charge in [0, 0.05) is 30.1 Å². The smallest absolute Gasteiger partial charge is 0.261 e. The Kier molecular flexibility index (Phi) is 5.43. The fourth-order valence-corrected chi connectivity index (χ4v) is 4.77. The number of fused-ring (bicyclic) bond motifs is 2. The number of hydrogen-bond donors (Lipinski definition) is 1.